The predicted octanol–water partition coefficient (Wildman–Crippen LogP) is 3.89. The number of aryl methyl sites for hydroxylation is 1. The molecule has 4 heterocycles. The van der Waals surface area contributed by atoms with Crippen LogP contribution in [-0.4, -0.2) is 58.4 Å². The Morgan fingerprint density at radius 3 is 2.79 bits per heavy atom. The first kappa shape index (κ1) is 19.8. The third-order valence-corrected chi connectivity index (χ3v) is 6.55. The van der Waals surface area contributed by atoms with Crippen molar-refractivity contribution in [3.63, 3.8) is 0 Å². The molecule has 6 nitrogen and oxygen atoms in total. The Bertz CT molecular complexity index is 931. The lowest BCUT2D eigenvalue weighted by Gasteiger charge is -2.36. The van der Waals surface area contributed by atoms with Crippen molar-refractivity contribution in [1.82, 2.24) is 19.8 Å². The highest BCUT2D eigenvalue weighted by molar-refractivity contribution is 7.15. The number of likely N-dealkylation sites (tertiary alicyclic amines) is 1. The van der Waals surface area contributed by atoms with Gasteiger partial charge in [-0.05, 0) is 44.0 Å². The van der Waals surface area contributed by atoms with Gasteiger partial charge in [-0.1, -0.05) is 6.07 Å². The predicted molar refractivity (Wildman–Crippen MR) is 114 cm³/mol. The van der Waals surface area contributed by atoms with Crippen LogP contribution in [0, 0.1) is 6.92 Å². The molecule has 1 aliphatic rings. The van der Waals surface area contributed by atoms with Crippen molar-refractivity contribution >= 4 is 17.2 Å². The number of aromatic nitrogens is 2. The molecule has 0 aliphatic carbocycles. The first-order valence-electron chi connectivity index (χ1n) is 10.0. The largest absolute Gasteiger partial charge is 0.462 e. The van der Waals surface area contributed by atoms with Gasteiger partial charge in [0.05, 0.1) is 6.26 Å². The van der Waals surface area contributed by atoms with Gasteiger partial charge in [-0.15, -0.1) is 11.3 Å². The first-order chi connectivity index (χ1) is 14.1. The molecule has 152 valence electrons. The lowest BCUT2D eigenvalue weighted by atomic mass is 10.0. The van der Waals surface area contributed by atoms with Gasteiger partial charge in [0.15, 0.2) is 10.8 Å². The summed E-state index contributed by atoms with van der Waals surface area (Å²) in [4.78, 5) is 27.3. The molecule has 0 saturated carbocycles. The third-order valence-electron chi connectivity index (χ3n) is 5.57. The number of carbonyl (C=O) groups excluding carboxylic acids is 1. The quantitative estimate of drug-likeness (QED) is 0.617. The summed E-state index contributed by atoms with van der Waals surface area (Å²) in [5.41, 5.74) is 1.68. The number of nitrogens with zero attached hydrogens (tertiary/aromatic N) is 4. The van der Waals surface area contributed by atoms with E-state index in [-0.39, 0.29) is 11.9 Å². The van der Waals surface area contributed by atoms with E-state index in [2.05, 4.69) is 20.9 Å². The monoisotopic (exact) mass is 410 g/mol. The van der Waals surface area contributed by atoms with Gasteiger partial charge in [0.2, 0.25) is 0 Å². The Balaban J connectivity index is 1.32. The Kier molecular flexibility index (Phi) is 6.06. The van der Waals surface area contributed by atoms with E-state index in [0.29, 0.717) is 11.5 Å². The van der Waals surface area contributed by atoms with Crippen molar-refractivity contribution in [2.75, 3.05) is 26.7 Å². The Labute approximate surface area is 175 Å². The van der Waals surface area contributed by atoms with E-state index < -0.39 is 0 Å². The molecule has 1 amide bonds. The number of thiazole rings is 1. The molecule has 0 aromatic carbocycles. The summed E-state index contributed by atoms with van der Waals surface area (Å²) in [5.74, 6) is 0.713. The fourth-order valence-corrected chi connectivity index (χ4v) is 4.66. The zero-order valence-corrected chi connectivity index (χ0v) is 17.7. The topological polar surface area (TPSA) is 62.5 Å². The molecular weight excluding hydrogens is 384 g/mol. The van der Waals surface area contributed by atoms with Crippen LogP contribution in [0.3, 0.4) is 0 Å². The number of furan rings is 1. The number of hydrogen-bond acceptors (Lipinski definition) is 6. The maximum absolute atomic E-state index is 13.1. The van der Waals surface area contributed by atoms with Crippen molar-refractivity contribution in [1.29, 1.82) is 0 Å². The number of hydrogen-bond donors (Lipinski definition) is 0. The van der Waals surface area contributed by atoms with E-state index in [0.717, 1.165) is 54.5 Å². The summed E-state index contributed by atoms with van der Waals surface area (Å²) < 4.78 is 5.42. The van der Waals surface area contributed by atoms with E-state index >= 15 is 0 Å². The van der Waals surface area contributed by atoms with Gasteiger partial charge >= 0.3 is 0 Å². The number of rotatable bonds is 6. The molecule has 0 atom stereocenters. The van der Waals surface area contributed by atoms with Crippen molar-refractivity contribution in [3.05, 3.63) is 59.1 Å². The molecule has 1 fully saturated rings. The van der Waals surface area contributed by atoms with Crippen LogP contribution in [-0.2, 0) is 6.42 Å². The molecule has 1 aliphatic heterocycles. The standard InChI is InChI=1S/C22H26N4O2S/c1-16-20(24-21(29-16)19-7-5-15-28-19)22(27)25(2)18-9-13-26(14-10-18)12-8-17-6-3-4-11-23-17/h3-7,11,15,18H,8-10,12-14H2,1-2H3. The van der Waals surface area contributed by atoms with Crippen molar-refractivity contribution in [3.8, 4) is 10.8 Å². The summed E-state index contributed by atoms with van der Waals surface area (Å²) in [6.07, 6.45) is 6.41. The second kappa shape index (κ2) is 8.88. The zero-order chi connectivity index (χ0) is 20.2. The summed E-state index contributed by atoms with van der Waals surface area (Å²) >= 11 is 1.50. The van der Waals surface area contributed by atoms with Gasteiger partial charge in [-0.25, -0.2) is 4.98 Å². The van der Waals surface area contributed by atoms with Crippen molar-refractivity contribution < 1.29 is 9.21 Å². The fourth-order valence-electron chi connectivity index (χ4n) is 3.78. The number of amides is 1. The molecule has 4 rings (SSSR count). The molecule has 0 N–H and O–H groups in total. The van der Waals surface area contributed by atoms with Crippen molar-refractivity contribution in [2.45, 2.75) is 32.2 Å². The van der Waals surface area contributed by atoms with Crippen LogP contribution in [0.1, 0.15) is 33.9 Å². The maximum Gasteiger partial charge on any atom is 0.273 e. The Hall–Kier alpha value is -2.51. The van der Waals surface area contributed by atoms with Crippen LogP contribution in [0.15, 0.2) is 47.2 Å². The summed E-state index contributed by atoms with van der Waals surface area (Å²) in [5, 5.41) is 0.758. The molecule has 1 saturated heterocycles. The summed E-state index contributed by atoms with van der Waals surface area (Å²) in [7, 11) is 1.90. The smallest absolute Gasteiger partial charge is 0.273 e. The lowest BCUT2D eigenvalue weighted by Crippen LogP contribution is -2.46. The van der Waals surface area contributed by atoms with E-state index in [9.17, 15) is 4.79 Å². The zero-order valence-electron chi connectivity index (χ0n) is 16.9. The molecule has 0 radical (unpaired) electrons. The molecule has 7 heteroatoms. The van der Waals surface area contributed by atoms with Crippen LogP contribution in [0.5, 0.6) is 0 Å². The van der Waals surface area contributed by atoms with Gasteiger partial charge in [0.25, 0.3) is 5.91 Å². The molecular formula is C22H26N4O2S. The Morgan fingerprint density at radius 2 is 2.10 bits per heavy atom. The van der Waals surface area contributed by atoms with Gasteiger partial charge < -0.3 is 14.2 Å². The van der Waals surface area contributed by atoms with E-state index in [1.54, 1.807) is 6.26 Å². The van der Waals surface area contributed by atoms with Crippen LogP contribution in [0.4, 0.5) is 0 Å². The van der Waals surface area contributed by atoms with Gasteiger partial charge in [0, 0.05) is 55.9 Å². The minimum absolute atomic E-state index is 0.00323. The van der Waals surface area contributed by atoms with Crippen LogP contribution >= 0.6 is 11.3 Å². The molecule has 0 bridgehead atoms. The second-order valence-electron chi connectivity index (χ2n) is 7.46. The average Bonchev–Trinajstić information content (AvgIpc) is 3.42. The highest BCUT2D eigenvalue weighted by atomic mass is 32.1. The fraction of sp³-hybridized carbons (Fsp3) is 0.409. The highest BCUT2D eigenvalue weighted by Gasteiger charge is 2.28. The number of carbonyl (C=O) groups is 1. The number of pyridine rings is 1. The van der Waals surface area contributed by atoms with Gasteiger partial charge in [0.1, 0.15) is 5.69 Å². The van der Waals surface area contributed by atoms with E-state index in [4.69, 9.17) is 4.42 Å². The SMILES string of the molecule is Cc1sc(-c2ccco2)nc1C(=O)N(C)C1CCN(CCc2ccccn2)CC1. The van der Waals surface area contributed by atoms with Gasteiger partial charge in [-0.3, -0.25) is 9.78 Å². The molecule has 3 aromatic heterocycles. The Morgan fingerprint density at radius 1 is 1.28 bits per heavy atom. The molecule has 29 heavy (non-hydrogen) atoms. The van der Waals surface area contributed by atoms with Crippen LogP contribution in [0.25, 0.3) is 10.8 Å². The minimum atomic E-state index is 0.00323. The lowest BCUT2D eigenvalue weighted by molar-refractivity contribution is 0.0638. The normalized spacial score (nSPS) is 15.5. The molecule has 0 unspecified atom stereocenters. The molecule has 0 spiro atoms. The summed E-state index contributed by atoms with van der Waals surface area (Å²) in [6.45, 7) is 4.97. The van der Waals surface area contributed by atoms with Crippen LogP contribution < -0.4 is 0 Å². The maximum atomic E-state index is 13.1. The molecule has 3 aromatic rings. The first-order valence-corrected chi connectivity index (χ1v) is 10.8. The third kappa shape index (κ3) is 4.57. The van der Waals surface area contributed by atoms with Gasteiger partial charge in [-0.2, -0.15) is 0 Å². The average molecular weight is 411 g/mol. The number of piperidine rings is 1. The second-order valence-corrected chi connectivity index (χ2v) is 8.66. The highest BCUT2D eigenvalue weighted by Crippen LogP contribution is 2.29. The van der Waals surface area contributed by atoms with Crippen LogP contribution in [0.2, 0.25) is 0 Å². The van der Waals surface area contributed by atoms with E-state index in [1.807, 2.05) is 49.3 Å². The minimum Gasteiger partial charge on any atom is -0.462 e. The van der Waals surface area contributed by atoms with Crippen molar-refractivity contribution in [2.24, 2.45) is 0 Å². The van der Waals surface area contributed by atoms with E-state index in [1.165, 1.54) is 11.3 Å². The summed E-state index contributed by atoms with van der Waals surface area (Å²) in [6, 6.07) is 10.0.